The Kier molecular flexibility index (Phi) is 6.85. The molecule has 0 saturated carbocycles. The molecule has 2 unspecified atom stereocenters. The Hall–Kier alpha value is -2.91. The molecule has 0 bridgehead atoms. The lowest BCUT2D eigenvalue weighted by Crippen LogP contribution is -2.39. The predicted molar refractivity (Wildman–Crippen MR) is 118 cm³/mol. The van der Waals surface area contributed by atoms with Crippen LogP contribution in [0, 0.1) is 17.2 Å². The maximum absolute atomic E-state index is 15.5. The largest absolute Gasteiger partial charge is 0.416 e. The summed E-state index contributed by atoms with van der Waals surface area (Å²) in [7, 11) is 0. The highest BCUT2D eigenvalue weighted by atomic mass is 19.4. The van der Waals surface area contributed by atoms with Gasteiger partial charge in [0.25, 0.3) is 0 Å². The minimum absolute atomic E-state index is 0.0285. The average molecular weight is 468 g/mol. The number of hydrogen-bond acceptors (Lipinski definition) is 5. The number of carbonyl (C=O) groups is 1. The van der Waals surface area contributed by atoms with Crippen LogP contribution in [-0.2, 0) is 11.0 Å². The third kappa shape index (κ3) is 5.91. The Bertz CT molecular complexity index is 988. The van der Waals surface area contributed by atoms with Gasteiger partial charge in [0.15, 0.2) is 11.6 Å². The van der Waals surface area contributed by atoms with Crippen LogP contribution in [0.1, 0.15) is 57.7 Å². The lowest BCUT2D eigenvalue weighted by atomic mass is 9.88. The van der Waals surface area contributed by atoms with Crippen molar-refractivity contribution in [2.45, 2.75) is 58.8 Å². The Labute approximate surface area is 190 Å². The standard InChI is InChI=1S/C23H29F4N5O/c1-13-9-17(14-5-7-15(8-6-14)23(25,26)27)32(11-13)21-18(24)20(29-12-30-21)31-16(19(28)33)10-22(2,3)4/h5-8,12-13,16-17H,9-11H2,1-4H3,(H2,28,33)(H,29,30,31)/t13?,16-,17?/m1/s1. The Morgan fingerprint density at radius 2 is 1.85 bits per heavy atom. The first-order valence-electron chi connectivity index (χ1n) is 10.8. The Morgan fingerprint density at radius 3 is 2.39 bits per heavy atom. The molecule has 0 aliphatic carbocycles. The molecule has 10 heteroatoms. The Balaban J connectivity index is 1.91. The number of hydrogen-bond donors (Lipinski definition) is 2. The molecule has 1 amide bonds. The van der Waals surface area contributed by atoms with E-state index in [-0.39, 0.29) is 29.0 Å². The topological polar surface area (TPSA) is 84.1 Å². The van der Waals surface area contributed by atoms with Gasteiger partial charge in [-0.05, 0) is 41.9 Å². The third-order valence-electron chi connectivity index (χ3n) is 5.65. The number of rotatable bonds is 6. The molecule has 1 fully saturated rings. The van der Waals surface area contributed by atoms with E-state index in [0.29, 0.717) is 24.9 Å². The van der Waals surface area contributed by atoms with Gasteiger partial charge >= 0.3 is 6.18 Å². The summed E-state index contributed by atoms with van der Waals surface area (Å²) in [5.74, 6) is -1.30. The molecule has 2 aromatic rings. The number of nitrogens with zero attached hydrogens (tertiary/aromatic N) is 3. The van der Waals surface area contributed by atoms with Crippen molar-refractivity contribution in [2.75, 3.05) is 16.8 Å². The highest BCUT2D eigenvalue weighted by molar-refractivity contribution is 5.82. The van der Waals surface area contributed by atoms with E-state index in [9.17, 15) is 18.0 Å². The number of primary amides is 1. The summed E-state index contributed by atoms with van der Waals surface area (Å²) in [6.07, 6.45) is -2.23. The number of anilines is 2. The van der Waals surface area contributed by atoms with Crippen LogP contribution in [-0.4, -0.2) is 28.5 Å². The first kappa shape index (κ1) is 24.7. The maximum atomic E-state index is 15.5. The average Bonchev–Trinajstić information content (AvgIpc) is 3.08. The van der Waals surface area contributed by atoms with Crippen LogP contribution in [0.25, 0.3) is 0 Å². The van der Waals surface area contributed by atoms with Crippen molar-refractivity contribution >= 4 is 17.5 Å². The number of alkyl halides is 3. The van der Waals surface area contributed by atoms with Crippen LogP contribution in [0.3, 0.4) is 0 Å². The molecular weight excluding hydrogens is 438 g/mol. The number of aromatic nitrogens is 2. The van der Waals surface area contributed by atoms with Crippen LogP contribution >= 0.6 is 0 Å². The van der Waals surface area contributed by atoms with Gasteiger partial charge in [0, 0.05) is 6.54 Å². The first-order chi connectivity index (χ1) is 15.3. The minimum atomic E-state index is -4.43. The summed E-state index contributed by atoms with van der Waals surface area (Å²) < 4.78 is 54.3. The molecule has 0 radical (unpaired) electrons. The van der Waals surface area contributed by atoms with E-state index < -0.39 is 29.5 Å². The second-order valence-corrected chi connectivity index (χ2v) is 9.85. The Morgan fingerprint density at radius 1 is 1.21 bits per heavy atom. The summed E-state index contributed by atoms with van der Waals surface area (Å²) in [6, 6.07) is 3.73. The van der Waals surface area contributed by atoms with Crippen molar-refractivity contribution in [3.8, 4) is 0 Å². The van der Waals surface area contributed by atoms with Crippen molar-refractivity contribution in [3.05, 3.63) is 47.5 Å². The summed E-state index contributed by atoms with van der Waals surface area (Å²) >= 11 is 0. The molecule has 0 spiro atoms. The fourth-order valence-corrected chi connectivity index (χ4v) is 4.15. The molecule has 6 nitrogen and oxygen atoms in total. The van der Waals surface area contributed by atoms with Gasteiger partial charge in [-0.3, -0.25) is 4.79 Å². The predicted octanol–water partition coefficient (Wildman–Crippen LogP) is 4.92. The smallest absolute Gasteiger partial charge is 0.368 e. The number of carbonyl (C=O) groups excluding carboxylic acids is 1. The van der Waals surface area contributed by atoms with E-state index in [2.05, 4.69) is 15.3 Å². The molecule has 1 saturated heterocycles. The summed E-state index contributed by atoms with van der Waals surface area (Å²) in [5, 5.41) is 2.80. The zero-order valence-electron chi connectivity index (χ0n) is 19.1. The van der Waals surface area contributed by atoms with Crippen LogP contribution < -0.4 is 16.0 Å². The maximum Gasteiger partial charge on any atom is 0.416 e. The van der Waals surface area contributed by atoms with Gasteiger partial charge in [0.1, 0.15) is 12.4 Å². The molecule has 1 aliphatic rings. The molecule has 1 aromatic heterocycles. The fraction of sp³-hybridized carbons (Fsp3) is 0.522. The lowest BCUT2D eigenvalue weighted by Gasteiger charge is -2.28. The van der Waals surface area contributed by atoms with Gasteiger partial charge in [0.2, 0.25) is 11.7 Å². The first-order valence-corrected chi connectivity index (χ1v) is 10.8. The molecule has 180 valence electrons. The number of nitrogens with one attached hydrogen (secondary N) is 1. The molecule has 33 heavy (non-hydrogen) atoms. The van der Waals surface area contributed by atoms with Crippen LogP contribution in [0.4, 0.5) is 29.2 Å². The number of benzene rings is 1. The van der Waals surface area contributed by atoms with Gasteiger partial charge < -0.3 is 16.0 Å². The molecule has 3 N–H and O–H groups in total. The zero-order chi connectivity index (χ0) is 24.6. The zero-order valence-corrected chi connectivity index (χ0v) is 19.1. The van der Waals surface area contributed by atoms with E-state index in [4.69, 9.17) is 5.73 Å². The number of nitrogens with two attached hydrogens (primary N) is 1. The summed E-state index contributed by atoms with van der Waals surface area (Å²) in [5.41, 5.74) is 5.17. The SMILES string of the molecule is CC1CC(c2ccc(C(F)(F)F)cc2)N(c2ncnc(N[C@H](CC(C)(C)C)C(N)=O)c2F)C1. The summed E-state index contributed by atoms with van der Waals surface area (Å²) in [6.45, 7) is 8.27. The molecular formula is C23H29F4N5O. The quantitative estimate of drug-likeness (QED) is 0.589. The number of amides is 1. The third-order valence-corrected chi connectivity index (χ3v) is 5.65. The van der Waals surface area contributed by atoms with Crippen molar-refractivity contribution < 1.29 is 22.4 Å². The molecule has 1 aliphatic heterocycles. The van der Waals surface area contributed by atoms with Crippen molar-refractivity contribution in [2.24, 2.45) is 17.1 Å². The van der Waals surface area contributed by atoms with E-state index >= 15 is 4.39 Å². The van der Waals surface area contributed by atoms with Gasteiger partial charge in [-0.2, -0.15) is 17.6 Å². The van der Waals surface area contributed by atoms with Gasteiger partial charge in [0.05, 0.1) is 11.6 Å². The van der Waals surface area contributed by atoms with Crippen molar-refractivity contribution in [1.29, 1.82) is 0 Å². The van der Waals surface area contributed by atoms with Crippen molar-refractivity contribution in [3.63, 3.8) is 0 Å². The van der Waals surface area contributed by atoms with E-state index in [1.165, 1.54) is 18.5 Å². The lowest BCUT2D eigenvalue weighted by molar-refractivity contribution is -0.137. The van der Waals surface area contributed by atoms with Gasteiger partial charge in [-0.25, -0.2) is 9.97 Å². The van der Waals surface area contributed by atoms with E-state index in [0.717, 1.165) is 12.1 Å². The normalized spacial score (nSPS) is 20.1. The van der Waals surface area contributed by atoms with Crippen LogP contribution in [0.2, 0.25) is 0 Å². The minimum Gasteiger partial charge on any atom is -0.368 e. The number of halogens is 4. The van der Waals surface area contributed by atoms with Crippen molar-refractivity contribution in [1.82, 2.24) is 9.97 Å². The monoisotopic (exact) mass is 467 g/mol. The fourth-order valence-electron chi connectivity index (χ4n) is 4.15. The molecule has 1 aromatic carbocycles. The second kappa shape index (κ2) is 9.15. The van der Waals surface area contributed by atoms with E-state index in [1.807, 2.05) is 27.7 Å². The van der Waals surface area contributed by atoms with E-state index in [1.54, 1.807) is 4.90 Å². The second-order valence-electron chi connectivity index (χ2n) is 9.85. The highest BCUT2D eigenvalue weighted by Gasteiger charge is 2.36. The highest BCUT2D eigenvalue weighted by Crippen LogP contribution is 2.40. The summed E-state index contributed by atoms with van der Waals surface area (Å²) in [4.78, 5) is 21.7. The van der Waals surface area contributed by atoms with Crippen LogP contribution in [0.15, 0.2) is 30.6 Å². The molecule has 3 atom stereocenters. The molecule has 3 rings (SSSR count). The van der Waals surface area contributed by atoms with Crippen LogP contribution in [0.5, 0.6) is 0 Å². The van der Waals surface area contributed by atoms with Gasteiger partial charge in [-0.1, -0.05) is 39.8 Å². The molecule has 2 heterocycles. The van der Waals surface area contributed by atoms with Gasteiger partial charge in [-0.15, -0.1) is 0 Å².